The highest BCUT2D eigenvalue weighted by atomic mass is 16.4. The van der Waals surface area contributed by atoms with Crippen LogP contribution in [0.4, 0.5) is 0 Å². The van der Waals surface area contributed by atoms with Crippen molar-refractivity contribution >= 4 is 5.97 Å². The van der Waals surface area contributed by atoms with Crippen LogP contribution in [-0.4, -0.2) is 15.6 Å². The summed E-state index contributed by atoms with van der Waals surface area (Å²) in [6.45, 7) is 0. The van der Waals surface area contributed by atoms with E-state index in [1.165, 1.54) is 0 Å². The molecular weight excluding hydrogens is 160 g/mol. The normalized spacial score (nSPS) is 7.75. The third kappa shape index (κ3) is 2.76. The maximum absolute atomic E-state index is 10.3. The van der Waals surface area contributed by atoms with Gasteiger partial charge in [-0.2, -0.15) is 0 Å². The van der Waals surface area contributed by atoms with Gasteiger partial charge in [0.2, 0.25) is 0 Å². The molecular formula is C6H8N4O2. The molecule has 0 aromatic carbocycles. The lowest BCUT2D eigenvalue weighted by Gasteiger charge is -1.93. The Kier molecular flexibility index (Phi) is 4.03. The average Bonchev–Trinajstić information content (AvgIpc) is 2.36. The zero-order valence-electron chi connectivity index (χ0n) is 6.43. The first kappa shape index (κ1) is 10.1. The van der Waals surface area contributed by atoms with Crippen molar-refractivity contribution in [2.24, 2.45) is 7.05 Å². The van der Waals surface area contributed by atoms with E-state index in [0.717, 1.165) is 0 Å². The van der Waals surface area contributed by atoms with Crippen molar-refractivity contribution in [1.29, 1.82) is 5.53 Å². The largest absolute Gasteiger partial charge is 0.477 e. The van der Waals surface area contributed by atoms with Crippen molar-refractivity contribution in [1.82, 2.24) is 4.57 Å². The Bertz CT molecular complexity index is 298. The average molecular weight is 168 g/mol. The molecule has 0 atom stereocenters. The lowest BCUT2D eigenvalue weighted by molar-refractivity contribution is 0.0686. The molecule has 0 saturated carbocycles. The van der Waals surface area contributed by atoms with Gasteiger partial charge in [-0.1, -0.05) is 0 Å². The molecule has 0 aliphatic heterocycles. The predicted molar refractivity (Wildman–Crippen MR) is 41.8 cm³/mol. The number of carbonyl (C=O) groups is 1. The summed E-state index contributed by atoms with van der Waals surface area (Å²) in [6.07, 6.45) is 1.70. The fraction of sp³-hybridized carbons (Fsp3) is 0.167. The Morgan fingerprint density at radius 2 is 2.33 bits per heavy atom. The van der Waals surface area contributed by atoms with Crippen molar-refractivity contribution in [3.05, 3.63) is 34.5 Å². The molecule has 0 bridgehead atoms. The summed E-state index contributed by atoms with van der Waals surface area (Å²) in [5, 5.41) is 8.43. The summed E-state index contributed by atoms with van der Waals surface area (Å²) in [6, 6.07) is 3.26. The first-order chi connectivity index (χ1) is 5.63. The van der Waals surface area contributed by atoms with E-state index in [2.05, 4.69) is 0 Å². The molecule has 12 heavy (non-hydrogen) atoms. The van der Waals surface area contributed by atoms with E-state index in [1.54, 1.807) is 34.9 Å². The summed E-state index contributed by atoms with van der Waals surface area (Å²) < 4.78 is 1.56. The van der Waals surface area contributed by atoms with Gasteiger partial charge in [-0.3, -0.25) is 0 Å². The quantitative estimate of drug-likeness (QED) is 0.377. The standard InChI is InChI=1S/C6H7NO2.HN3/c1-7-4-2-3-5(7)6(8)9;1-3-2/h2-4H,1H3,(H,8,9);1H. The van der Waals surface area contributed by atoms with Crippen molar-refractivity contribution < 1.29 is 9.90 Å². The van der Waals surface area contributed by atoms with Crippen molar-refractivity contribution in [2.45, 2.75) is 0 Å². The van der Waals surface area contributed by atoms with Gasteiger partial charge in [0, 0.05) is 13.2 Å². The molecule has 1 aromatic heterocycles. The molecule has 0 aliphatic carbocycles. The van der Waals surface area contributed by atoms with Gasteiger partial charge in [-0.15, -0.1) is 5.53 Å². The Morgan fingerprint density at radius 1 is 1.83 bits per heavy atom. The van der Waals surface area contributed by atoms with Gasteiger partial charge in [0.05, 0.1) is 0 Å². The lowest BCUT2D eigenvalue weighted by atomic mass is 10.4. The first-order valence-corrected chi connectivity index (χ1v) is 2.99. The van der Waals surface area contributed by atoms with Gasteiger partial charge in [-0.25, -0.2) is 4.79 Å². The monoisotopic (exact) mass is 168 g/mol. The van der Waals surface area contributed by atoms with Crippen LogP contribution in [0.5, 0.6) is 0 Å². The van der Waals surface area contributed by atoms with Crippen LogP contribution in [0.25, 0.3) is 10.4 Å². The van der Waals surface area contributed by atoms with Gasteiger partial charge in [0.1, 0.15) is 5.69 Å². The van der Waals surface area contributed by atoms with E-state index in [9.17, 15) is 4.79 Å². The summed E-state index contributed by atoms with van der Waals surface area (Å²) in [5.41, 5.74) is 12.6. The van der Waals surface area contributed by atoms with E-state index >= 15 is 0 Å². The number of rotatable bonds is 1. The molecule has 6 heteroatoms. The fourth-order valence-electron chi connectivity index (χ4n) is 0.683. The minimum absolute atomic E-state index is 0.315. The van der Waals surface area contributed by atoms with E-state index in [1.807, 2.05) is 0 Å². The van der Waals surface area contributed by atoms with Gasteiger partial charge in [-0.05, 0) is 22.6 Å². The second kappa shape index (κ2) is 4.81. The number of carboxylic acid groups (broad SMARTS) is 1. The van der Waals surface area contributed by atoms with Crippen LogP contribution < -0.4 is 0 Å². The van der Waals surface area contributed by atoms with Gasteiger partial charge < -0.3 is 9.67 Å². The van der Waals surface area contributed by atoms with E-state index in [0.29, 0.717) is 5.69 Å². The molecule has 0 unspecified atom stereocenters. The number of aromatic carboxylic acids is 1. The number of nitrogens with one attached hydrogen (secondary N) is 1. The molecule has 1 rings (SSSR count). The second-order valence-corrected chi connectivity index (χ2v) is 1.91. The van der Waals surface area contributed by atoms with Crippen LogP contribution in [0, 0.1) is 5.53 Å². The Balaban J connectivity index is 0.000000354. The molecule has 0 spiro atoms. The molecule has 64 valence electrons. The first-order valence-electron chi connectivity index (χ1n) is 2.99. The van der Waals surface area contributed by atoms with E-state index in [4.69, 9.17) is 16.2 Å². The lowest BCUT2D eigenvalue weighted by Crippen LogP contribution is -2.02. The molecule has 1 heterocycles. The maximum atomic E-state index is 10.3. The molecule has 2 N–H and O–H groups in total. The summed E-state index contributed by atoms with van der Waals surface area (Å²) >= 11 is 0. The summed E-state index contributed by atoms with van der Waals surface area (Å²) in [4.78, 5) is 12.0. The smallest absolute Gasteiger partial charge is 0.352 e. The predicted octanol–water partition coefficient (Wildman–Crippen LogP) is 1.60. The molecule has 0 radical (unpaired) electrons. The van der Waals surface area contributed by atoms with Crippen molar-refractivity contribution in [3.63, 3.8) is 0 Å². The third-order valence-electron chi connectivity index (χ3n) is 1.16. The minimum Gasteiger partial charge on any atom is -0.477 e. The number of hydrogen-bond acceptors (Lipinski definition) is 2. The molecule has 0 aliphatic rings. The van der Waals surface area contributed by atoms with Crippen LogP contribution in [-0.2, 0) is 7.05 Å². The van der Waals surface area contributed by atoms with E-state index < -0.39 is 5.97 Å². The summed E-state index contributed by atoms with van der Waals surface area (Å²) in [5.74, 6) is -0.887. The fourth-order valence-corrected chi connectivity index (χ4v) is 0.683. The Morgan fingerprint density at radius 3 is 2.50 bits per heavy atom. The van der Waals surface area contributed by atoms with Gasteiger partial charge in [0.15, 0.2) is 0 Å². The van der Waals surface area contributed by atoms with Crippen LogP contribution in [0.3, 0.4) is 0 Å². The highest BCUT2D eigenvalue weighted by Gasteiger charge is 2.03. The number of hydrogen-bond donors (Lipinski definition) is 2. The highest BCUT2D eigenvalue weighted by Crippen LogP contribution is 1.97. The Hall–Kier alpha value is -1.94. The van der Waals surface area contributed by atoms with Crippen LogP contribution >= 0.6 is 0 Å². The maximum Gasteiger partial charge on any atom is 0.352 e. The topological polar surface area (TPSA) is 102 Å². The molecule has 0 amide bonds. The Labute approximate surface area is 68.5 Å². The van der Waals surface area contributed by atoms with Crippen molar-refractivity contribution in [2.75, 3.05) is 0 Å². The number of aromatic nitrogens is 1. The highest BCUT2D eigenvalue weighted by molar-refractivity contribution is 5.85. The number of aryl methyl sites for hydroxylation is 1. The number of carboxylic acids is 1. The van der Waals surface area contributed by atoms with Crippen LogP contribution in [0.2, 0.25) is 0 Å². The zero-order valence-corrected chi connectivity index (χ0v) is 6.43. The van der Waals surface area contributed by atoms with Crippen LogP contribution in [0.15, 0.2) is 18.3 Å². The van der Waals surface area contributed by atoms with E-state index in [-0.39, 0.29) is 0 Å². The van der Waals surface area contributed by atoms with Gasteiger partial charge >= 0.3 is 5.97 Å². The molecule has 0 fully saturated rings. The SMILES string of the molecule is Cn1cccc1C(=O)O.[N-]=[N+]=N. The molecule has 1 aromatic rings. The molecule has 0 saturated heterocycles. The van der Waals surface area contributed by atoms with Gasteiger partial charge in [0.25, 0.3) is 0 Å². The van der Waals surface area contributed by atoms with Crippen LogP contribution in [0.1, 0.15) is 10.5 Å². The second-order valence-electron chi connectivity index (χ2n) is 1.91. The van der Waals surface area contributed by atoms with Crippen molar-refractivity contribution in [3.8, 4) is 0 Å². The zero-order chi connectivity index (χ0) is 9.56. The minimum atomic E-state index is -0.887. The number of nitrogens with zero attached hydrogens (tertiary/aromatic N) is 3. The third-order valence-corrected chi connectivity index (χ3v) is 1.16. The summed E-state index contributed by atoms with van der Waals surface area (Å²) in [7, 11) is 1.70. The molecule has 6 nitrogen and oxygen atoms in total.